The average Bonchev–Trinajstić information content (AvgIpc) is 2.59. The number of aromatic nitrogens is 3. The topological polar surface area (TPSA) is 59.0 Å². The Bertz CT molecular complexity index is 583. The molecule has 2 heterocycles. The molecule has 2 rings (SSSR count). The molecule has 0 saturated carbocycles. The summed E-state index contributed by atoms with van der Waals surface area (Å²) in [6.07, 6.45) is 9.54. The highest BCUT2D eigenvalue weighted by molar-refractivity contribution is 5.93. The van der Waals surface area contributed by atoms with E-state index in [1.54, 1.807) is 24.8 Å². The van der Waals surface area contributed by atoms with Crippen molar-refractivity contribution >= 4 is 5.91 Å². The Labute approximate surface area is 131 Å². The van der Waals surface area contributed by atoms with Crippen LogP contribution in [0.3, 0.4) is 0 Å². The number of amides is 1. The maximum absolute atomic E-state index is 12.7. The van der Waals surface area contributed by atoms with E-state index in [9.17, 15) is 4.79 Å². The lowest BCUT2D eigenvalue weighted by molar-refractivity contribution is 0.0740. The second-order valence-corrected chi connectivity index (χ2v) is 5.18. The standard InChI is InChI=1S/C17H22N4O/c1-3-5-10-21(13-14-6-8-18-9-7-14)17(22)15-11-19-16(4-2)20-12-15/h6-9,11-12H,3-5,10,13H2,1-2H3. The minimum Gasteiger partial charge on any atom is -0.334 e. The molecule has 116 valence electrons. The number of unbranched alkanes of at least 4 members (excludes halogenated alkanes) is 1. The van der Waals surface area contributed by atoms with Crippen LogP contribution in [-0.2, 0) is 13.0 Å². The van der Waals surface area contributed by atoms with E-state index in [1.807, 2.05) is 24.0 Å². The summed E-state index contributed by atoms with van der Waals surface area (Å²) in [6.45, 7) is 5.42. The molecule has 2 aromatic heterocycles. The van der Waals surface area contributed by atoms with E-state index in [0.717, 1.165) is 37.2 Å². The number of carbonyl (C=O) groups excluding carboxylic acids is 1. The van der Waals surface area contributed by atoms with Crippen LogP contribution in [0.2, 0.25) is 0 Å². The van der Waals surface area contributed by atoms with Crippen LogP contribution in [0.1, 0.15) is 48.4 Å². The summed E-state index contributed by atoms with van der Waals surface area (Å²) >= 11 is 0. The third-order valence-corrected chi connectivity index (χ3v) is 3.46. The van der Waals surface area contributed by atoms with Crippen molar-refractivity contribution in [1.82, 2.24) is 19.9 Å². The van der Waals surface area contributed by atoms with Gasteiger partial charge in [-0.05, 0) is 24.1 Å². The van der Waals surface area contributed by atoms with Gasteiger partial charge in [0.1, 0.15) is 5.82 Å². The van der Waals surface area contributed by atoms with Gasteiger partial charge < -0.3 is 4.90 Å². The van der Waals surface area contributed by atoms with Gasteiger partial charge in [0, 0.05) is 44.3 Å². The van der Waals surface area contributed by atoms with Gasteiger partial charge in [-0.15, -0.1) is 0 Å². The zero-order chi connectivity index (χ0) is 15.8. The molecule has 22 heavy (non-hydrogen) atoms. The second kappa shape index (κ2) is 8.22. The van der Waals surface area contributed by atoms with Gasteiger partial charge in [-0.25, -0.2) is 9.97 Å². The molecule has 0 spiro atoms. The fourth-order valence-corrected chi connectivity index (χ4v) is 2.14. The summed E-state index contributed by atoms with van der Waals surface area (Å²) in [4.78, 5) is 27.0. The van der Waals surface area contributed by atoms with Gasteiger partial charge >= 0.3 is 0 Å². The Morgan fingerprint density at radius 1 is 1.14 bits per heavy atom. The maximum Gasteiger partial charge on any atom is 0.257 e. The van der Waals surface area contributed by atoms with Crippen LogP contribution in [0.5, 0.6) is 0 Å². The third-order valence-electron chi connectivity index (χ3n) is 3.46. The second-order valence-electron chi connectivity index (χ2n) is 5.18. The number of hydrogen-bond donors (Lipinski definition) is 0. The predicted molar refractivity (Wildman–Crippen MR) is 85.3 cm³/mol. The zero-order valence-corrected chi connectivity index (χ0v) is 13.2. The van der Waals surface area contributed by atoms with E-state index in [4.69, 9.17) is 0 Å². The van der Waals surface area contributed by atoms with Crippen molar-refractivity contribution in [1.29, 1.82) is 0 Å². The van der Waals surface area contributed by atoms with Crippen LogP contribution in [0, 0.1) is 0 Å². The molecule has 0 aromatic carbocycles. The maximum atomic E-state index is 12.7. The quantitative estimate of drug-likeness (QED) is 0.788. The van der Waals surface area contributed by atoms with Gasteiger partial charge in [-0.3, -0.25) is 9.78 Å². The van der Waals surface area contributed by atoms with Crippen LogP contribution in [0.25, 0.3) is 0 Å². The first-order valence-corrected chi connectivity index (χ1v) is 7.73. The molecule has 0 N–H and O–H groups in total. The summed E-state index contributed by atoms with van der Waals surface area (Å²) in [7, 11) is 0. The molecule has 5 heteroatoms. The predicted octanol–water partition coefficient (Wildman–Crippen LogP) is 2.88. The molecule has 2 aromatic rings. The van der Waals surface area contributed by atoms with Crippen molar-refractivity contribution in [2.24, 2.45) is 0 Å². The molecule has 0 unspecified atom stereocenters. The highest BCUT2D eigenvalue weighted by Gasteiger charge is 2.16. The summed E-state index contributed by atoms with van der Waals surface area (Å²) in [6, 6.07) is 3.87. The molecule has 0 radical (unpaired) electrons. The van der Waals surface area contributed by atoms with Crippen molar-refractivity contribution < 1.29 is 4.79 Å². The average molecular weight is 298 g/mol. The minimum atomic E-state index is -0.0204. The number of rotatable bonds is 7. The Hall–Kier alpha value is -2.30. The van der Waals surface area contributed by atoms with Crippen LogP contribution in [-0.4, -0.2) is 32.3 Å². The third kappa shape index (κ3) is 4.35. The highest BCUT2D eigenvalue weighted by Crippen LogP contribution is 2.10. The summed E-state index contributed by atoms with van der Waals surface area (Å²) in [5, 5.41) is 0. The van der Waals surface area contributed by atoms with Gasteiger partial charge in [0.2, 0.25) is 0 Å². The molecule has 1 amide bonds. The van der Waals surface area contributed by atoms with E-state index < -0.39 is 0 Å². The molecule has 5 nitrogen and oxygen atoms in total. The molecule has 0 atom stereocenters. The smallest absolute Gasteiger partial charge is 0.257 e. The van der Waals surface area contributed by atoms with Crippen LogP contribution in [0.15, 0.2) is 36.9 Å². The SMILES string of the molecule is CCCCN(Cc1ccncc1)C(=O)c1cnc(CC)nc1. The molecular formula is C17H22N4O. The lowest BCUT2D eigenvalue weighted by Crippen LogP contribution is -2.31. The van der Waals surface area contributed by atoms with Crippen molar-refractivity contribution in [3.05, 3.63) is 53.9 Å². The Morgan fingerprint density at radius 2 is 1.82 bits per heavy atom. The van der Waals surface area contributed by atoms with Crippen molar-refractivity contribution in [2.45, 2.75) is 39.7 Å². The first-order valence-electron chi connectivity index (χ1n) is 7.73. The Morgan fingerprint density at radius 3 is 2.41 bits per heavy atom. The lowest BCUT2D eigenvalue weighted by Gasteiger charge is -2.22. The van der Waals surface area contributed by atoms with Gasteiger partial charge in [0.05, 0.1) is 5.56 Å². The van der Waals surface area contributed by atoms with Gasteiger partial charge in [0.15, 0.2) is 0 Å². The first kappa shape index (κ1) is 16.1. The van der Waals surface area contributed by atoms with E-state index >= 15 is 0 Å². The van der Waals surface area contributed by atoms with E-state index in [0.29, 0.717) is 12.1 Å². The van der Waals surface area contributed by atoms with Crippen LogP contribution < -0.4 is 0 Å². The lowest BCUT2D eigenvalue weighted by atomic mass is 10.2. The fraction of sp³-hybridized carbons (Fsp3) is 0.412. The Balaban J connectivity index is 2.14. The molecule has 0 aliphatic carbocycles. The Kier molecular flexibility index (Phi) is 6.01. The summed E-state index contributed by atoms with van der Waals surface area (Å²) < 4.78 is 0. The summed E-state index contributed by atoms with van der Waals surface area (Å²) in [5.74, 6) is 0.735. The minimum absolute atomic E-state index is 0.0204. The normalized spacial score (nSPS) is 10.5. The highest BCUT2D eigenvalue weighted by atomic mass is 16.2. The fourth-order valence-electron chi connectivity index (χ4n) is 2.14. The number of pyridine rings is 1. The van der Waals surface area contributed by atoms with E-state index in [2.05, 4.69) is 21.9 Å². The molecule has 0 fully saturated rings. The molecule has 0 aliphatic rings. The molecule has 0 bridgehead atoms. The van der Waals surface area contributed by atoms with Gasteiger partial charge in [0.25, 0.3) is 5.91 Å². The molecule has 0 aliphatic heterocycles. The largest absolute Gasteiger partial charge is 0.334 e. The molecule has 0 saturated heterocycles. The monoisotopic (exact) mass is 298 g/mol. The van der Waals surface area contributed by atoms with Crippen molar-refractivity contribution in [2.75, 3.05) is 6.54 Å². The number of nitrogens with zero attached hydrogens (tertiary/aromatic N) is 4. The van der Waals surface area contributed by atoms with Crippen LogP contribution >= 0.6 is 0 Å². The zero-order valence-electron chi connectivity index (χ0n) is 13.2. The van der Waals surface area contributed by atoms with Gasteiger partial charge in [-0.1, -0.05) is 20.3 Å². The van der Waals surface area contributed by atoms with Crippen molar-refractivity contribution in [3.63, 3.8) is 0 Å². The van der Waals surface area contributed by atoms with E-state index in [-0.39, 0.29) is 5.91 Å². The van der Waals surface area contributed by atoms with Gasteiger partial charge in [-0.2, -0.15) is 0 Å². The number of carbonyl (C=O) groups is 1. The van der Waals surface area contributed by atoms with E-state index in [1.165, 1.54) is 0 Å². The number of aryl methyl sites for hydroxylation is 1. The first-order chi connectivity index (χ1) is 10.7. The number of hydrogen-bond acceptors (Lipinski definition) is 4. The van der Waals surface area contributed by atoms with Crippen molar-refractivity contribution in [3.8, 4) is 0 Å². The van der Waals surface area contributed by atoms with Crippen LogP contribution in [0.4, 0.5) is 0 Å². The molecular weight excluding hydrogens is 276 g/mol. The summed E-state index contributed by atoms with van der Waals surface area (Å²) in [5.41, 5.74) is 1.62.